The lowest BCUT2D eigenvalue weighted by atomic mass is 9.99. The Labute approximate surface area is 91.8 Å². The van der Waals surface area contributed by atoms with Gasteiger partial charge in [-0.25, -0.2) is 0 Å². The van der Waals surface area contributed by atoms with Gasteiger partial charge in [-0.2, -0.15) is 0 Å². The second-order valence-electron chi connectivity index (χ2n) is 3.46. The van der Waals surface area contributed by atoms with Gasteiger partial charge in [0.15, 0.2) is 5.78 Å². The zero-order valence-corrected chi connectivity index (χ0v) is 9.24. The molecule has 0 bridgehead atoms. The van der Waals surface area contributed by atoms with Crippen LogP contribution in [0, 0.1) is 5.92 Å². The van der Waals surface area contributed by atoms with Gasteiger partial charge in [0.05, 0.1) is 0 Å². The first-order valence-corrected chi connectivity index (χ1v) is 5.87. The standard InChI is InChI=1S/C10H11ClO2S/c11-10-8(2-4-14-10)9(12)5-7-1-3-13-6-7/h2,4,7H,1,3,5-6H2. The van der Waals surface area contributed by atoms with Crippen molar-refractivity contribution < 1.29 is 9.53 Å². The maximum atomic E-state index is 11.7. The van der Waals surface area contributed by atoms with Gasteiger partial charge in [-0.05, 0) is 23.8 Å². The number of Topliss-reactive ketones (excluding diaryl/α,β-unsaturated/α-hetero) is 1. The summed E-state index contributed by atoms with van der Waals surface area (Å²) in [7, 11) is 0. The van der Waals surface area contributed by atoms with E-state index in [4.69, 9.17) is 16.3 Å². The summed E-state index contributed by atoms with van der Waals surface area (Å²) in [5.74, 6) is 0.533. The van der Waals surface area contributed by atoms with E-state index < -0.39 is 0 Å². The van der Waals surface area contributed by atoms with Crippen LogP contribution in [-0.2, 0) is 4.74 Å². The van der Waals surface area contributed by atoms with Crippen molar-refractivity contribution in [1.82, 2.24) is 0 Å². The molecule has 2 nitrogen and oxygen atoms in total. The molecule has 1 fully saturated rings. The van der Waals surface area contributed by atoms with Crippen molar-refractivity contribution in [2.45, 2.75) is 12.8 Å². The molecular weight excluding hydrogens is 220 g/mol. The molecule has 1 aliphatic rings. The number of ketones is 1. The minimum atomic E-state index is 0.145. The number of ether oxygens (including phenoxy) is 1. The minimum absolute atomic E-state index is 0.145. The maximum Gasteiger partial charge on any atom is 0.165 e. The molecule has 0 saturated carbocycles. The van der Waals surface area contributed by atoms with Crippen molar-refractivity contribution in [1.29, 1.82) is 0 Å². The quantitative estimate of drug-likeness (QED) is 0.747. The van der Waals surface area contributed by atoms with Crippen LogP contribution in [0.3, 0.4) is 0 Å². The van der Waals surface area contributed by atoms with Crippen LogP contribution in [0.4, 0.5) is 0 Å². The molecule has 1 atom stereocenters. The van der Waals surface area contributed by atoms with Gasteiger partial charge in [-0.1, -0.05) is 11.6 Å². The third-order valence-corrected chi connectivity index (χ3v) is 3.59. The van der Waals surface area contributed by atoms with Gasteiger partial charge in [0.1, 0.15) is 4.34 Å². The Balaban J connectivity index is 1.98. The Morgan fingerprint density at radius 1 is 1.71 bits per heavy atom. The highest BCUT2D eigenvalue weighted by Crippen LogP contribution is 2.26. The molecule has 14 heavy (non-hydrogen) atoms. The number of thiophene rings is 1. The summed E-state index contributed by atoms with van der Waals surface area (Å²) in [5.41, 5.74) is 0.670. The van der Waals surface area contributed by atoms with Gasteiger partial charge in [0, 0.05) is 25.2 Å². The second kappa shape index (κ2) is 4.43. The monoisotopic (exact) mass is 230 g/mol. The van der Waals surface area contributed by atoms with E-state index in [1.54, 1.807) is 6.07 Å². The third-order valence-electron chi connectivity index (χ3n) is 2.42. The van der Waals surface area contributed by atoms with Gasteiger partial charge < -0.3 is 4.74 Å². The molecule has 1 unspecified atom stereocenters. The summed E-state index contributed by atoms with van der Waals surface area (Å²) in [6, 6.07) is 1.80. The topological polar surface area (TPSA) is 26.3 Å². The van der Waals surface area contributed by atoms with Gasteiger partial charge in [-0.15, -0.1) is 11.3 Å². The van der Waals surface area contributed by atoms with Crippen LogP contribution in [0.5, 0.6) is 0 Å². The Morgan fingerprint density at radius 2 is 2.57 bits per heavy atom. The van der Waals surface area contributed by atoms with Crippen molar-refractivity contribution in [3.05, 3.63) is 21.3 Å². The van der Waals surface area contributed by atoms with Gasteiger partial charge in [-0.3, -0.25) is 4.79 Å². The highest BCUT2D eigenvalue weighted by atomic mass is 35.5. The summed E-state index contributed by atoms with van der Waals surface area (Å²) in [6.45, 7) is 1.50. The molecule has 2 rings (SSSR count). The fourth-order valence-corrected chi connectivity index (χ4v) is 2.56. The molecule has 1 saturated heterocycles. The smallest absolute Gasteiger partial charge is 0.165 e. The summed E-state index contributed by atoms with van der Waals surface area (Å²) < 4.78 is 5.83. The lowest BCUT2D eigenvalue weighted by Crippen LogP contribution is -2.08. The van der Waals surface area contributed by atoms with Crippen molar-refractivity contribution in [2.75, 3.05) is 13.2 Å². The molecule has 1 aliphatic heterocycles. The van der Waals surface area contributed by atoms with Gasteiger partial charge in [0.25, 0.3) is 0 Å². The fourth-order valence-electron chi connectivity index (χ4n) is 1.61. The van der Waals surface area contributed by atoms with E-state index in [1.807, 2.05) is 5.38 Å². The van der Waals surface area contributed by atoms with Crippen LogP contribution >= 0.6 is 22.9 Å². The largest absolute Gasteiger partial charge is 0.381 e. The van der Waals surface area contributed by atoms with Crippen LogP contribution in [-0.4, -0.2) is 19.0 Å². The Hall–Kier alpha value is -0.380. The fraction of sp³-hybridized carbons (Fsp3) is 0.500. The Morgan fingerprint density at radius 3 is 3.14 bits per heavy atom. The predicted molar refractivity (Wildman–Crippen MR) is 57.2 cm³/mol. The first-order chi connectivity index (χ1) is 6.77. The number of hydrogen-bond donors (Lipinski definition) is 0. The van der Waals surface area contributed by atoms with Crippen LogP contribution < -0.4 is 0 Å². The number of carbonyl (C=O) groups is 1. The zero-order chi connectivity index (χ0) is 9.97. The highest BCUT2D eigenvalue weighted by Gasteiger charge is 2.21. The van der Waals surface area contributed by atoms with E-state index in [-0.39, 0.29) is 5.78 Å². The molecule has 1 aromatic heterocycles. The van der Waals surface area contributed by atoms with Crippen molar-refractivity contribution in [3.8, 4) is 0 Å². The van der Waals surface area contributed by atoms with E-state index >= 15 is 0 Å². The SMILES string of the molecule is O=C(CC1CCOC1)c1ccsc1Cl. The second-order valence-corrected chi connectivity index (χ2v) is 4.98. The summed E-state index contributed by atoms with van der Waals surface area (Å²) in [4.78, 5) is 11.7. The maximum absolute atomic E-state index is 11.7. The molecule has 0 aliphatic carbocycles. The minimum Gasteiger partial charge on any atom is -0.381 e. The molecule has 0 amide bonds. The van der Waals surface area contributed by atoms with Crippen LogP contribution in [0.25, 0.3) is 0 Å². The van der Waals surface area contributed by atoms with Crippen LogP contribution in [0.1, 0.15) is 23.2 Å². The zero-order valence-electron chi connectivity index (χ0n) is 7.66. The molecule has 4 heteroatoms. The van der Waals surface area contributed by atoms with E-state index in [2.05, 4.69) is 0 Å². The average Bonchev–Trinajstić information content (AvgIpc) is 2.75. The predicted octanol–water partition coefficient (Wildman–Crippen LogP) is 3.01. The van der Waals surface area contributed by atoms with Crippen LogP contribution in [0.2, 0.25) is 4.34 Å². The van der Waals surface area contributed by atoms with Gasteiger partial charge in [0.2, 0.25) is 0 Å². The van der Waals surface area contributed by atoms with E-state index in [0.717, 1.165) is 13.0 Å². The molecule has 0 radical (unpaired) electrons. The number of rotatable bonds is 3. The molecule has 0 spiro atoms. The van der Waals surface area contributed by atoms with Crippen molar-refractivity contribution in [3.63, 3.8) is 0 Å². The summed E-state index contributed by atoms with van der Waals surface area (Å²) in [5, 5.41) is 1.85. The summed E-state index contributed by atoms with van der Waals surface area (Å²) >= 11 is 7.29. The Kier molecular flexibility index (Phi) is 3.21. The number of hydrogen-bond acceptors (Lipinski definition) is 3. The van der Waals surface area contributed by atoms with Gasteiger partial charge >= 0.3 is 0 Å². The van der Waals surface area contributed by atoms with E-state index in [0.29, 0.717) is 28.8 Å². The molecule has 0 N–H and O–H groups in total. The van der Waals surface area contributed by atoms with Crippen molar-refractivity contribution >= 4 is 28.7 Å². The summed E-state index contributed by atoms with van der Waals surface area (Å²) in [6.07, 6.45) is 1.56. The van der Waals surface area contributed by atoms with Crippen molar-refractivity contribution in [2.24, 2.45) is 5.92 Å². The Bertz CT molecular complexity index is 329. The normalized spacial score (nSPS) is 21.4. The number of halogens is 1. The molecule has 76 valence electrons. The average molecular weight is 231 g/mol. The van der Waals surface area contributed by atoms with Crippen LogP contribution in [0.15, 0.2) is 11.4 Å². The molecule has 1 aromatic rings. The van der Waals surface area contributed by atoms with E-state index in [9.17, 15) is 4.79 Å². The molecular formula is C10H11ClO2S. The first kappa shape index (κ1) is 10.1. The lowest BCUT2D eigenvalue weighted by Gasteiger charge is -2.04. The van der Waals surface area contributed by atoms with E-state index in [1.165, 1.54) is 11.3 Å². The highest BCUT2D eigenvalue weighted by molar-refractivity contribution is 7.14. The molecule has 2 heterocycles. The number of carbonyl (C=O) groups excluding carboxylic acids is 1. The lowest BCUT2D eigenvalue weighted by molar-refractivity contribution is 0.0953. The third kappa shape index (κ3) is 2.16. The first-order valence-electron chi connectivity index (χ1n) is 4.61. The molecule has 0 aromatic carbocycles.